The number of hydrogen-bond acceptors (Lipinski definition) is 4. The van der Waals surface area contributed by atoms with E-state index in [1.54, 1.807) is 4.90 Å². The molecule has 0 aliphatic carbocycles. The third-order valence-electron chi connectivity index (χ3n) is 4.10. The minimum absolute atomic E-state index is 0.0230. The van der Waals surface area contributed by atoms with Crippen molar-refractivity contribution in [3.8, 4) is 11.5 Å². The maximum atomic E-state index is 12.1. The number of carbonyl (C=O) groups excluding carboxylic acids is 2. The van der Waals surface area contributed by atoms with Gasteiger partial charge in [0.2, 0.25) is 18.6 Å². The smallest absolute Gasteiger partial charge is 0.231 e. The molecule has 1 aliphatic heterocycles. The zero-order chi connectivity index (χ0) is 17.5. The second-order valence-electron chi connectivity index (χ2n) is 6.04. The summed E-state index contributed by atoms with van der Waals surface area (Å²) in [6.07, 6.45) is 0.747. The molecule has 0 spiro atoms. The van der Waals surface area contributed by atoms with Crippen molar-refractivity contribution in [2.45, 2.75) is 40.2 Å². The molecule has 1 N–H and O–H groups in total. The van der Waals surface area contributed by atoms with Gasteiger partial charge in [0.1, 0.15) is 0 Å². The van der Waals surface area contributed by atoms with E-state index < -0.39 is 0 Å². The monoisotopic (exact) mass is 334 g/mol. The molecule has 0 aromatic heterocycles. The van der Waals surface area contributed by atoms with E-state index in [1.807, 2.05) is 39.0 Å². The standard InChI is InChI=1S/C18H26N2O4/c1-4-20(5-2)18(22)9-13(3)8-17(21)19-11-14-6-7-15-16(10-14)24-12-23-15/h6-7,10,13H,4-5,8-9,11-12H2,1-3H3,(H,19,21)/t13-/m1/s1. The first-order chi connectivity index (χ1) is 11.5. The molecule has 2 rings (SSSR count). The Labute approximate surface area is 143 Å². The summed E-state index contributed by atoms with van der Waals surface area (Å²) in [5, 5.41) is 2.89. The second-order valence-corrected chi connectivity index (χ2v) is 6.04. The van der Waals surface area contributed by atoms with E-state index in [9.17, 15) is 9.59 Å². The first-order valence-electron chi connectivity index (χ1n) is 8.46. The number of amides is 2. The van der Waals surface area contributed by atoms with Gasteiger partial charge in [-0.3, -0.25) is 9.59 Å². The van der Waals surface area contributed by atoms with Gasteiger partial charge in [-0.15, -0.1) is 0 Å². The number of benzene rings is 1. The van der Waals surface area contributed by atoms with Crippen LogP contribution in [-0.2, 0) is 16.1 Å². The maximum Gasteiger partial charge on any atom is 0.231 e. The lowest BCUT2D eigenvalue weighted by atomic mass is 10.0. The number of rotatable bonds is 8. The van der Waals surface area contributed by atoms with Gasteiger partial charge in [0.05, 0.1) is 0 Å². The van der Waals surface area contributed by atoms with E-state index in [0.717, 1.165) is 11.3 Å². The summed E-state index contributed by atoms with van der Waals surface area (Å²) in [5.41, 5.74) is 0.958. The van der Waals surface area contributed by atoms with Crippen LogP contribution in [-0.4, -0.2) is 36.6 Å². The summed E-state index contributed by atoms with van der Waals surface area (Å²) in [6.45, 7) is 7.95. The van der Waals surface area contributed by atoms with Crippen LogP contribution in [0.1, 0.15) is 39.2 Å². The van der Waals surface area contributed by atoms with Crippen LogP contribution in [0.15, 0.2) is 18.2 Å². The lowest BCUT2D eigenvalue weighted by Gasteiger charge is -2.20. The summed E-state index contributed by atoms with van der Waals surface area (Å²) in [6, 6.07) is 5.62. The van der Waals surface area contributed by atoms with Gasteiger partial charge in [-0.25, -0.2) is 0 Å². The van der Waals surface area contributed by atoms with E-state index in [4.69, 9.17) is 9.47 Å². The van der Waals surface area contributed by atoms with Crippen LogP contribution in [0.5, 0.6) is 11.5 Å². The van der Waals surface area contributed by atoms with Crippen LogP contribution >= 0.6 is 0 Å². The van der Waals surface area contributed by atoms with E-state index in [1.165, 1.54) is 0 Å². The molecule has 1 aromatic carbocycles. The molecule has 0 radical (unpaired) electrons. The van der Waals surface area contributed by atoms with E-state index in [0.29, 0.717) is 38.2 Å². The van der Waals surface area contributed by atoms with Crippen molar-refractivity contribution in [3.63, 3.8) is 0 Å². The fourth-order valence-corrected chi connectivity index (χ4v) is 2.72. The highest BCUT2D eigenvalue weighted by atomic mass is 16.7. The van der Waals surface area contributed by atoms with Gasteiger partial charge in [0, 0.05) is 32.5 Å². The van der Waals surface area contributed by atoms with Crippen molar-refractivity contribution < 1.29 is 19.1 Å². The highest BCUT2D eigenvalue weighted by Crippen LogP contribution is 2.32. The number of hydrogen-bond donors (Lipinski definition) is 1. The Morgan fingerprint density at radius 3 is 2.58 bits per heavy atom. The molecule has 1 heterocycles. The van der Waals surface area contributed by atoms with Crippen molar-refractivity contribution in [2.75, 3.05) is 19.9 Å². The minimum Gasteiger partial charge on any atom is -0.454 e. The van der Waals surface area contributed by atoms with Crippen LogP contribution in [0, 0.1) is 5.92 Å². The van der Waals surface area contributed by atoms with Crippen LogP contribution in [0.2, 0.25) is 0 Å². The van der Waals surface area contributed by atoms with Crippen LogP contribution in [0.25, 0.3) is 0 Å². The molecular weight excluding hydrogens is 308 g/mol. The quantitative estimate of drug-likeness (QED) is 0.792. The van der Waals surface area contributed by atoms with Gasteiger partial charge in [-0.2, -0.15) is 0 Å². The average Bonchev–Trinajstić information content (AvgIpc) is 3.01. The molecule has 0 saturated carbocycles. The molecule has 24 heavy (non-hydrogen) atoms. The Kier molecular flexibility index (Phi) is 6.46. The van der Waals surface area contributed by atoms with Gasteiger partial charge < -0.3 is 19.7 Å². The summed E-state index contributed by atoms with van der Waals surface area (Å²) < 4.78 is 10.6. The predicted molar refractivity (Wildman–Crippen MR) is 90.7 cm³/mol. The first kappa shape index (κ1) is 18.1. The first-order valence-corrected chi connectivity index (χ1v) is 8.46. The van der Waals surface area contributed by atoms with Crippen molar-refractivity contribution in [1.29, 1.82) is 0 Å². The molecule has 6 heteroatoms. The van der Waals surface area contributed by atoms with E-state index in [2.05, 4.69) is 5.32 Å². The third kappa shape index (κ3) is 4.88. The fraction of sp³-hybridized carbons (Fsp3) is 0.556. The van der Waals surface area contributed by atoms with Crippen molar-refractivity contribution in [1.82, 2.24) is 10.2 Å². The molecule has 1 aliphatic rings. The number of carbonyl (C=O) groups is 2. The second kappa shape index (κ2) is 8.57. The normalized spacial score (nSPS) is 13.5. The minimum atomic E-state index is -0.0486. The van der Waals surface area contributed by atoms with Crippen LogP contribution in [0.3, 0.4) is 0 Å². The zero-order valence-corrected chi connectivity index (χ0v) is 14.6. The molecule has 0 fully saturated rings. The Morgan fingerprint density at radius 1 is 1.17 bits per heavy atom. The molecule has 1 aromatic rings. The summed E-state index contributed by atoms with van der Waals surface area (Å²) in [7, 11) is 0. The van der Waals surface area contributed by atoms with E-state index >= 15 is 0 Å². The van der Waals surface area contributed by atoms with Crippen molar-refractivity contribution >= 4 is 11.8 Å². The topological polar surface area (TPSA) is 67.9 Å². The Bertz CT molecular complexity index is 584. The van der Waals surface area contributed by atoms with E-state index in [-0.39, 0.29) is 24.5 Å². The number of nitrogens with one attached hydrogen (secondary N) is 1. The number of ether oxygens (including phenoxy) is 2. The Morgan fingerprint density at radius 2 is 1.88 bits per heavy atom. The molecule has 6 nitrogen and oxygen atoms in total. The van der Waals surface area contributed by atoms with Gasteiger partial charge in [0.25, 0.3) is 0 Å². The highest BCUT2D eigenvalue weighted by Gasteiger charge is 2.17. The molecule has 2 amide bonds. The van der Waals surface area contributed by atoms with Crippen LogP contribution < -0.4 is 14.8 Å². The molecule has 0 saturated heterocycles. The Balaban J connectivity index is 1.75. The van der Waals surface area contributed by atoms with Gasteiger partial charge in [-0.05, 0) is 37.5 Å². The average molecular weight is 334 g/mol. The maximum absolute atomic E-state index is 12.1. The lowest BCUT2D eigenvalue weighted by molar-refractivity contribution is -0.132. The fourth-order valence-electron chi connectivity index (χ4n) is 2.72. The van der Waals surface area contributed by atoms with Gasteiger partial charge in [-0.1, -0.05) is 13.0 Å². The molecule has 0 bridgehead atoms. The predicted octanol–water partition coefficient (Wildman–Crippen LogP) is 2.32. The van der Waals surface area contributed by atoms with Gasteiger partial charge >= 0.3 is 0 Å². The number of nitrogens with zero attached hydrogens (tertiary/aromatic N) is 1. The number of fused-ring (bicyclic) bond motifs is 1. The summed E-state index contributed by atoms with van der Waals surface area (Å²) in [5.74, 6) is 1.52. The molecule has 1 atom stereocenters. The third-order valence-corrected chi connectivity index (χ3v) is 4.10. The lowest BCUT2D eigenvalue weighted by Crippen LogP contribution is -2.32. The molecule has 0 unspecified atom stereocenters. The largest absolute Gasteiger partial charge is 0.454 e. The Hall–Kier alpha value is -2.24. The SMILES string of the molecule is CCN(CC)C(=O)C[C@H](C)CC(=O)NCc1ccc2c(c1)OCO2. The zero-order valence-electron chi connectivity index (χ0n) is 14.6. The highest BCUT2D eigenvalue weighted by molar-refractivity contribution is 5.79. The van der Waals surface area contributed by atoms with Crippen LogP contribution in [0.4, 0.5) is 0 Å². The van der Waals surface area contributed by atoms with Crippen molar-refractivity contribution in [3.05, 3.63) is 23.8 Å². The molecule has 132 valence electrons. The summed E-state index contributed by atoms with van der Waals surface area (Å²) >= 11 is 0. The van der Waals surface area contributed by atoms with Crippen molar-refractivity contribution in [2.24, 2.45) is 5.92 Å². The summed E-state index contributed by atoms with van der Waals surface area (Å²) in [4.78, 5) is 25.9. The molecular formula is C18H26N2O4. The van der Waals surface area contributed by atoms with Gasteiger partial charge in [0.15, 0.2) is 11.5 Å².